The second kappa shape index (κ2) is 12.9. The summed E-state index contributed by atoms with van der Waals surface area (Å²) in [4.78, 5) is 25.1. The summed E-state index contributed by atoms with van der Waals surface area (Å²) >= 11 is 0. The highest BCUT2D eigenvalue weighted by Gasteiger charge is 2.38. The Morgan fingerprint density at radius 1 is 0.905 bits per heavy atom. The molecule has 3 aromatic rings. The molecule has 0 spiro atoms. The quantitative estimate of drug-likeness (QED) is 0.395. The number of aromatic nitrogens is 2. The van der Waals surface area contributed by atoms with Crippen LogP contribution in [0.25, 0.3) is 11.3 Å². The molecule has 42 heavy (non-hydrogen) atoms. The largest absolute Gasteiger partial charge is 0.490 e. The van der Waals surface area contributed by atoms with E-state index in [1.165, 1.54) is 18.5 Å². The topological polar surface area (TPSA) is 94.1 Å². The average molecular weight is 589 g/mol. The summed E-state index contributed by atoms with van der Waals surface area (Å²) in [6.45, 7) is 7.28. The number of benzene rings is 2. The van der Waals surface area contributed by atoms with Gasteiger partial charge in [-0.05, 0) is 61.4 Å². The molecule has 0 bridgehead atoms. The van der Waals surface area contributed by atoms with E-state index in [1.54, 1.807) is 18.3 Å². The summed E-state index contributed by atoms with van der Waals surface area (Å²) in [6.07, 6.45) is -0.718. The van der Waals surface area contributed by atoms with Gasteiger partial charge >= 0.3 is 12.1 Å². The third-order valence-corrected chi connectivity index (χ3v) is 7.32. The van der Waals surface area contributed by atoms with Crippen LogP contribution in [0.3, 0.4) is 0 Å². The first-order valence-electron chi connectivity index (χ1n) is 13.8. The number of carboxylic acid groups (broad SMARTS) is 1. The first kappa shape index (κ1) is 29.5. The molecule has 13 heteroatoms. The zero-order chi connectivity index (χ0) is 29.7. The molecule has 2 aliphatic heterocycles. The van der Waals surface area contributed by atoms with E-state index in [1.807, 2.05) is 24.3 Å². The first-order chi connectivity index (χ1) is 20.2. The highest BCUT2D eigenvalue weighted by Crippen LogP contribution is 2.31. The van der Waals surface area contributed by atoms with Gasteiger partial charge in [-0.25, -0.2) is 19.2 Å². The van der Waals surface area contributed by atoms with Crippen molar-refractivity contribution in [3.63, 3.8) is 0 Å². The number of rotatable bonds is 6. The molecule has 0 atom stereocenters. The minimum atomic E-state index is -5.08. The minimum Gasteiger partial charge on any atom is -0.475 e. The van der Waals surface area contributed by atoms with Gasteiger partial charge in [-0.3, -0.25) is 4.90 Å². The van der Waals surface area contributed by atoms with Crippen LogP contribution >= 0.6 is 0 Å². The van der Waals surface area contributed by atoms with Crippen LogP contribution in [0.5, 0.6) is 0 Å². The lowest BCUT2D eigenvalue weighted by molar-refractivity contribution is -0.192. The molecule has 9 nitrogen and oxygen atoms in total. The second-order valence-electron chi connectivity index (χ2n) is 10.3. The van der Waals surface area contributed by atoms with Crippen LogP contribution in [0.15, 0.2) is 54.7 Å². The number of nitrogens with one attached hydrogen (secondary N) is 1. The molecule has 2 aromatic carbocycles. The predicted octanol–water partition coefficient (Wildman–Crippen LogP) is 4.78. The normalized spacial score (nSPS) is 17.8. The van der Waals surface area contributed by atoms with E-state index in [-0.39, 0.29) is 5.82 Å². The lowest BCUT2D eigenvalue weighted by Crippen LogP contribution is -2.47. The number of nitrogens with zero attached hydrogens (tertiary/aromatic N) is 5. The fourth-order valence-electron chi connectivity index (χ4n) is 4.98. The molecule has 2 saturated heterocycles. The Morgan fingerprint density at radius 3 is 2.17 bits per heavy atom. The summed E-state index contributed by atoms with van der Waals surface area (Å²) in [5.74, 6) is -2.51. The molecule has 1 saturated carbocycles. The maximum atomic E-state index is 14.6. The van der Waals surface area contributed by atoms with Gasteiger partial charge in [0.25, 0.3) is 0 Å². The maximum absolute atomic E-state index is 14.6. The number of alkyl halides is 3. The molecule has 2 N–H and O–H groups in total. The second-order valence-corrected chi connectivity index (χ2v) is 10.3. The van der Waals surface area contributed by atoms with Gasteiger partial charge in [0.15, 0.2) is 0 Å². The predicted molar refractivity (Wildman–Crippen MR) is 151 cm³/mol. The SMILES string of the molecule is Fc1cc(-c2ccnc(Nc3ccc(N4CCOCC4)cc3)n2)cc(N2CCN(C3CC3)CC2)c1.O=C(O)C(F)(F)F. The van der Waals surface area contributed by atoms with Crippen molar-refractivity contribution in [3.05, 3.63) is 60.5 Å². The number of anilines is 4. The van der Waals surface area contributed by atoms with E-state index < -0.39 is 12.1 Å². The molecule has 224 valence electrons. The number of ether oxygens (including phenoxy) is 1. The Morgan fingerprint density at radius 2 is 1.55 bits per heavy atom. The minimum absolute atomic E-state index is 0.242. The van der Waals surface area contributed by atoms with E-state index in [9.17, 15) is 17.6 Å². The Hall–Kier alpha value is -3.97. The maximum Gasteiger partial charge on any atom is 0.490 e. The molecule has 6 rings (SSSR count). The van der Waals surface area contributed by atoms with Gasteiger partial charge in [-0.2, -0.15) is 13.2 Å². The zero-order valence-corrected chi connectivity index (χ0v) is 22.9. The van der Waals surface area contributed by atoms with Crippen molar-refractivity contribution < 1.29 is 32.2 Å². The Bertz CT molecular complexity index is 1360. The molecule has 1 aliphatic carbocycles. The zero-order valence-electron chi connectivity index (χ0n) is 22.9. The molecule has 3 aliphatic rings. The highest BCUT2D eigenvalue weighted by molar-refractivity contribution is 5.73. The molecule has 3 fully saturated rings. The van der Waals surface area contributed by atoms with Crippen molar-refractivity contribution in [2.24, 2.45) is 0 Å². The Balaban J connectivity index is 0.000000451. The van der Waals surface area contributed by atoms with Crippen molar-refractivity contribution in [1.29, 1.82) is 0 Å². The van der Waals surface area contributed by atoms with E-state index >= 15 is 0 Å². The molecule has 3 heterocycles. The van der Waals surface area contributed by atoms with Crippen LogP contribution in [-0.2, 0) is 9.53 Å². The van der Waals surface area contributed by atoms with Crippen LogP contribution in [-0.4, -0.2) is 90.6 Å². The van der Waals surface area contributed by atoms with Crippen LogP contribution in [0, 0.1) is 5.82 Å². The summed E-state index contributed by atoms with van der Waals surface area (Å²) in [6, 6.07) is 16.1. The van der Waals surface area contributed by atoms with Gasteiger partial charge in [-0.1, -0.05) is 0 Å². The highest BCUT2D eigenvalue weighted by atomic mass is 19.4. The van der Waals surface area contributed by atoms with Crippen molar-refractivity contribution in [1.82, 2.24) is 14.9 Å². The number of halogens is 4. The Labute approximate surface area is 240 Å². The van der Waals surface area contributed by atoms with Gasteiger partial charge < -0.3 is 25.0 Å². The molecular formula is C29H32F4N6O3. The van der Waals surface area contributed by atoms with E-state index in [0.717, 1.165) is 75.5 Å². The summed E-state index contributed by atoms with van der Waals surface area (Å²) in [7, 11) is 0. The number of carbonyl (C=O) groups is 1. The molecule has 0 unspecified atom stereocenters. The van der Waals surface area contributed by atoms with E-state index in [0.29, 0.717) is 11.6 Å². The number of morpholine rings is 1. The van der Waals surface area contributed by atoms with E-state index in [2.05, 4.69) is 42.1 Å². The molecule has 0 radical (unpaired) electrons. The van der Waals surface area contributed by atoms with Crippen molar-refractivity contribution >= 4 is 29.0 Å². The van der Waals surface area contributed by atoms with Gasteiger partial charge in [0, 0.05) is 74.1 Å². The third-order valence-electron chi connectivity index (χ3n) is 7.32. The fourth-order valence-corrected chi connectivity index (χ4v) is 4.98. The van der Waals surface area contributed by atoms with Crippen LogP contribution in [0.1, 0.15) is 12.8 Å². The number of carboxylic acids is 1. The van der Waals surface area contributed by atoms with Crippen LogP contribution < -0.4 is 15.1 Å². The van der Waals surface area contributed by atoms with Crippen molar-refractivity contribution in [3.8, 4) is 11.3 Å². The molecular weight excluding hydrogens is 556 g/mol. The lowest BCUT2D eigenvalue weighted by Gasteiger charge is -2.36. The Kier molecular flexibility index (Phi) is 9.07. The van der Waals surface area contributed by atoms with Crippen molar-refractivity contribution in [2.75, 3.05) is 67.6 Å². The smallest absolute Gasteiger partial charge is 0.475 e. The molecule has 0 amide bonds. The lowest BCUT2D eigenvalue weighted by atomic mass is 10.1. The average Bonchev–Trinajstić information content (AvgIpc) is 3.84. The monoisotopic (exact) mass is 588 g/mol. The third kappa shape index (κ3) is 7.85. The fraction of sp³-hybridized carbons (Fsp3) is 0.414. The van der Waals surface area contributed by atoms with Crippen LogP contribution in [0.4, 0.5) is 40.6 Å². The molecule has 1 aromatic heterocycles. The van der Waals surface area contributed by atoms with Gasteiger partial charge in [0.1, 0.15) is 5.82 Å². The summed E-state index contributed by atoms with van der Waals surface area (Å²) in [5, 5.41) is 10.4. The van der Waals surface area contributed by atoms with Gasteiger partial charge in [-0.15, -0.1) is 0 Å². The first-order valence-corrected chi connectivity index (χ1v) is 13.8. The van der Waals surface area contributed by atoms with Gasteiger partial charge in [0.05, 0.1) is 18.9 Å². The van der Waals surface area contributed by atoms with Gasteiger partial charge in [0.2, 0.25) is 5.95 Å². The summed E-state index contributed by atoms with van der Waals surface area (Å²) < 4.78 is 51.8. The van der Waals surface area contributed by atoms with E-state index in [4.69, 9.17) is 14.6 Å². The van der Waals surface area contributed by atoms with Crippen molar-refractivity contribution in [2.45, 2.75) is 25.1 Å². The summed E-state index contributed by atoms with van der Waals surface area (Å²) in [5.41, 5.74) is 4.47. The number of piperazine rings is 1. The standard InChI is InChI=1S/C27H31FN6O.C2HF3O2/c28-21-17-20(18-25(19-21)33-11-9-32(10-12-33)24-5-6-24)26-7-8-29-27(31-26)30-22-1-3-23(4-2-22)34-13-15-35-16-14-34;3-2(4,5)1(6)7/h1-4,7-8,17-19,24H,5-6,9-16H2,(H,29,30,31);(H,6,7). The van der Waals surface area contributed by atoms with Crippen LogP contribution in [0.2, 0.25) is 0 Å². The number of hydrogen-bond donors (Lipinski definition) is 2. The number of aliphatic carboxylic acids is 1. The number of hydrogen-bond acceptors (Lipinski definition) is 8.